The van der Waals surface area contributed by atoms with Gasteiger partial charge in [0, 0.05) is 19.8 Å². The van der Waals surface area contributed by atoms with Crippen LogP contribution in [0.1, 0.15) is 36.3 Å². The minimum atomic E-state index is -0.939. The minimum absolute atomic E-state index is 0.103. The van der Waals surface area contributed by atoms with Crippen molar-refractivity contribution in [2.75, 3.05) is 6.54 Å². The third-order valence-electron chi connectivity index (χ3n) is 3.19. The highest BCUT2D eigenvalue weighted by Crippen LogP contribution is 2.20. The van der Waals surface area contributed by atoms with Crippen LogP contribution in [0.2, 0.25) is 0 Å². The molecule has 2 N–H and O–H groups in total. The van der Waals surface area contributed by atoms with E-state index in [1.54, 1.807) is 38.7 Å². The molecule has 0 saturated heterocycles. The highest BCUT2D eigenvalue weighted by molar-refractivity contribution is 5.95. The smallest absolute Gasteiger partial charge is 0.311 e. The summed E-state index contributed by atoms with van der Waals surface area (Å²) < 4.78 is 1.56. The van der Waals surface area contributed by atoms with Crippen LogP contribution in [0.25, 0.3) is 0 Å². The summed E-state index contributed by atoms with van der Waals surface area (Å²) in [5.74, 6) is -1.20. The fraction of sp³-hybridized carbons (Fsp3) is 0.583. The second-order valence-electron chi connectivity index (χ2n) is 4.70. The van der Waals surface area contributed by atoms with Crippen molar-refractivity contribution in [3.63, 3.8) is 0 Å². The first-order chi connectivity index (χ1) is 8.30. The molecule has 0 bridgehead atoms. The highest BCUT2D eigenvalue weighted by atomic mass is 16.4. The summed E-state index contributed by atoms with van der Waals surface area (Å²) in [6.45, 7) is 5.25. The lowest BCUT2D eigenvalue weighted by Gasteiger charge is -2.23. The van der Waals surface area contributed by atoms with Gasteiger partial charge in [0.15, 0.2) is 0 Å². The minimum Gasteiger partial charge on any atom is -0.481 e. The summed E-state index contributed by atoms with van der Waals surface area (Å²) in [6.07, 6.45) is 2.07. The normalized spacial score (nSPS) is 14.0. The average molecular weight is 253 g/mol. The predicted molar refractivity (Wildman–Crippen MR) is 66.3 cm³/mol. The Kier molecular flexibility index (Phi) is 4.11. The van der Waals surface area contributed by atoms with Gasteiger partial charge in [0.25, 0.3) is 5.91 Å². The number of rotatable bonds is 5. The van der Waals surface area contributed by atoms with Crippen LogP contribution >= 0.6 is 0 Å². The number of nitrogens with zero attached hydrogens (tertiary/aromatic N) is 2. The van der Waals surface area contributed by atoms with E-state index in [4.69, 9.17) is 5.11 Å². The fourth-order valence-electron chi connectivity index (χ4n) is 1.54. The second-order valence-corrected chi connectivity index (χ2v) is 4.70. The van der Waals surface area contributed by atoms with Crippen LogP contribution in [-0.4, -0.2) is 33.3 Å². The summed E-state index contributed by atoms with van der Waals surface area (Å²) in [7, 11) is 1.73. The lowest BCUT2D eigenvalue weighted by Crippen LogP contribution is -2.40. The molecule has 1 amide bonds. The van der Waals surface area contributed by atoms with Crippen molar-refractivity contribution in [2.24, 2.45) is 12.5 Å². The van der Waals surface area contributed by atoms with Crippen molar-refractivity contribution in [3.05, 3.63) is 17.5 Å². The number of aliphatic carboxylic acids is 1. The van der Waals surface area contributed by atoms with Crippen LogP contribution in [0.5, 0.6) is 0 Å². The molecule has 1 atom stereocenters. The summed E-state index contributed by atoms with van der Waals surface area (Å²) in [5, 5.41) is 15.8. The molecule has 0 radical (unpaired) electrons. The zero-order valence-corrected chi connectivity index (χ0v) is 11.1. The molecule has 1 unspecified atom stereocenters. The molecule has 1 aromatic heterocycles. The number of carboxylic acid groups (broad SMARTS) is 1. The van der Waals surface area contributed by atoms with Crippen molar-refractivity contribution in [1.82, 2.24) is 15.1 Å². The van der Waals surface area contributed by atoms with Gasteiger partial charge in [0.2, 0.25) is 0 Å². The zero-order chi connectivity index (χ0) is 13.9. The Balaban J connectivity index is 2.72. The molecule has 6 nitrogen and oxygen atoms in total. The first-order valence-electron chi connectivity index (χ1n) is 5.82. The largest absolute Gasteiger partial charge is 0.481 e. The Hall–Kier alpha value is -1.85. The molecular formula is C12H19N3O3. The van der Waals surface area contributed by atoms with Crippen LogP contribution in [0.3, 0.4) is 0 Å². The lowest BCUT2D eigenvalue weighted by atomic mass is 9.87. The van der Waals surface area contributed by atoms with Gasteiger partial charge in [-0.1, -0.05) is 6.92 Å². The summed E-state index contributed by atoms with van der Waals surface area (Å²) >= 11 is 0. The van der Waals surface area contributed by atoms with Crippen molar-refractivity contribution in [3.8, 4) is 0 Å². The maximum absolute atomic E-state index is 11.9. The monoisotopic (exact) mass is 253 g/mol. The van der Waals surface area contributed by atoms with E-state index in [0.717, 1.165) is 0 Å². The number of nitrogens with one attached hydrogen (secondary N) is 1. The highest BCUT2D eigenvalue weighted by Gasteiger charge is 2.31. The Morgan fingerprint density at radius 3 is 2.56 bits per heavy atom. The lowest BCUT2D eigenvalue weighted by molar-refractivity contribution is -0.147. The molecule has 1 rings (SSSR count). The SMILES string of the molecule is CCC(C)(CNC(=O)c1cn(C)nc1C)C(=O)O. The van der Waals surface area contributed by atoms with Gasteiger partial charge in [-0.05, 0) is 20.3 Å². The number of hydrogen-bond acceptors (Lipinski definition) is 3. The number of hydrogen-bond donors (Lipinski definition) is 2. The zero-order valence-electron chi connectivity index (χ0n) is 11.1. The fourth-order valence-corrected chi connectivity index (χ4v) is 1.54. The van der Waals surface area contributed by atoms with E-state index >= 15 is 0 Å². The van der Waals surface area contributed by atoms with Gasteiger partial charge in [-0.15, -0.1) is 0 Å². The molecule has 100 valence electrons. The van der Waals surface area contributed by atoms with Gasteiger partial charge in [-0.2, -0.15) is 5.10 Å². The summed E-state index contributed by atoms with van der Waals surface area (Å²) in [5.41, 5.74) is 0.163. The number of carbonyl (C=O) groups is 2. The number of amides is 1. The molecule has 0 aliphatic carbocycles. The second kappa shape index (κ2) is 5.20. The van der Waals surface area contributed by atoms with Crippen LogP contribution in [0, 0.1) is 12.3 Å². The Morgan fingerprint density at radius 1 is 1.56 bits per heavy atom. The molecule has 0 fully saturated rings. The standard InChI is InChI=1S/C12H19N3O3/c1-5-12(3,11(17)18)7-13-10(16)9-6-15(4)14-8(9)2/h6H,5,7H2,1-4H3,(H,13,16)(H,17,18). The maximum atomic E-state index is 11.9. The predicted octanol–water partition coefficient (Wildman–Crippen LogP) is 0.959. The number of carboxylic acids is 1. The van der Waals surface area contributed by atoms with Crippen molar-refractivity contribution < 1.29 is 14.7 Å². The van der Waals surface area contributed by atoms with Gasteiger partial charge in [-0.25, -0.2) is 0 Å². The summed E-state index contributed by atoms with van der Waals surface area (Å²) in [6, 6.07) is 0. The van der Waals surface area contributed by atoms with E-state index in [1.165, 1.54) is 0 Å². The number of carbonyl (C=O) groups excluding carboxylic acids is 1. The van der Waals surface area contributed by atoms with Gasteiger partial charge >= 0.3 is 5.97 Å². The third kappa shape index (κ3) is 2.88. The molecule has 0 aromatic carbocycles. The van der Waals surface area contributed by atoms with Crippen LogP contribution in [0.4, 0.5) is 0 Å². The molecule has 0 spiro atoms. The molecule has 6 heteroatoms. The van der Waals surface area contributed by atoms with Crippen molar-refractivity contribution in [1.29, 1.82) is 0 Å². The number of aryl methyl sites for hydroxylation is 2. The maximum Gasteiger partial charge on any atom is 0.311 e. The van der Waals surface area contributed by atoms with E-state index in [1.807, 2.05) is 0 Å². The van der Waals surface area contributed by atoms with Gasteiger partial charge in [0.1, 0.15) is 0 Å². The number of aromatic nitrogens is 2. The summed E-state index contributed by atoms with van der Waals surface area (Å²) in [4.78, 5) is 23.0. The van der Waals surface area contributed by atoms with Crippen molar-refractivity contribution >= 4 is 11.9 Å². The van der Waals surface area contributed by atoms with Crippen LogP contribution < -0.4 is 5.32 Å². The Bertz CT molecular complexity index is 467. The van der Waals surface area contributed by atoms with E-state index < -0.39 is 11.4 Å². The third-order valence-corrected chi connectivity index (χ3v) is 3.19. The van der Waals surface area contributed by atoms with Gasteiger partial charge < -0.3 is 10.4 Å². The van der Waals surface area contributed by atoms with Gasteiger partial charge in [-0.3, -0.25) is 14.3 Å². The molecule has 1 heterocycles. The molecule has 0 saturated carbocycles. The molecular weight excluding hydrogens is 234 g/mol. The topological polar surface area (TPSA) is 84.2 Å². The van der Waals surface area contributed by atoms with E-state index in [9.17, 15) is 9.59 Å². The van der Waals surface area contributed by atoms with E-state index in [-0.39, 0.29) is 12.5 Å². The Labute approximate surface area is 106 Å². The molecule has 1 aromatic rings. The van der Waals surface area contributed by atoms with E-state index in [0.29, 0.717) is 17.7 Å². The van der Waals surface area contributed by atoms with Crippen LogP contribution in [-0.2, 0) is 11.8 Å². The first-order valence-corrected chi connectivity index (χ1v) is 5.82. The quantitative estimate of drug-likeness (QED) is 0.818. The van der Waals surface area contributed by atoms with E-state index in [2.05, 4.69) is 10.4 Å². The Morgan fingerprint density at radius 2 is 2.17 bits per heavy atom. The average Bonchev–Trinajstić information content (AvgIpc) is 2.64. The molecule has 0 aliphatic heterocycles. The van der Waals surface area contributed by atoms with Crippen LogP contribution in [0.15, 0.2) is 6.20 Å². The van der Waals surface area contributed by atoms with Gasteiger partial charge in [0.05, 0.1) is 16.7 Å². The van der Waals surface area contributed by atoms with Crippen molar-refractivity contribution in [2.45, 2.75) is 27.2 Å². The molecule has 18 heavy (non-hydrogen) atoms. The molecule has 0 aliphatic rings. The first kappa shape index (κ1) is 14.2.